The van der Waals surface area contributed by atoms with E-state index in [2.05, 4.69) is 4.98 Å². The first-order valence-electron chi connectivity index (χ1n) is 11.5. The molecule has 1 unspecified atom stereocenters. The highest BCUT2D eigenvalue weighted by molar-refractivity contribution is 5.97. The van der Waals surface area contributed by atoms with Gasteiger partial charge in [-0.25, -0.2) is 0 Å². The van der Waals surface area contributed by atoms with Crippen LogP contribution in [-0.4, -0.2) is 24.1 Å². The molecule has 1 amide bonds. The number of nitrogens with zero attached hydrogens (tertiary/aromatic N) is 1. The Kier molecular flexibility index (Phi) is 5.19. The minimum absolute atomic E-state index is 0.0719. The van der Waals surface area contributed by atoms with E-state index in [4.69, 9.17) is 9.47 Å². The second-order valence-corrected chi connectivity index (χ2v) is 8.46. The number of aromatic nitrogens is 1. The zero-order valence-corrected chi connectivity index (χ0v) is 18.8. The van der Waals surface area contributed by atoms with Gasteiger partial charge in [0.1, 0.15) is 18.1 Å². The van der Waals surface area contributed by atoms with Crippen molar-refractivity contribution in [2.45, 2.75) is 6.04 Å². The normalized spacial score (nSPS) is 15.0. The number of para-hydroxylation sites is 3. The molecule has 6 heteroatoms. The van der Waals surface area contributed by atoms with Crippen LogP contribution in [0.2, 0.25) is 0 Å². The van der Waals surface area contributed by atoms with E-state index >= 15 is 0 Å². The summed E-state index contributed by atoms with van der Waals surface area (Å²) in [6.07, 6.45) is 0. The van der Waals surface area contributed by atoms with Gasteiger partial charge in [-0.3, -0.25) is 14.5 Å². The van der Waals surface area contributed by atoms with Crippen LogP contribution >= 0.6 is 0 Å². The molecule has 0 radical (unpaired) electrons. The zero-order valence-electron chi connectivity index (χ0n) is 18.8. The number of carbonyl (C=O) groups excluding carboxylic acids is 1. The molecule has 6 nitrogen and oxygen atoms in total. The number of nitrogens with one attached hydrogen (secondary N) is 1. The average Bonchev–Trinajstić information content (AvgIpc) is 2.92. The molecule has 1 aliphatic heterocycles. The van der Waals surface area contributed by atoms with E-state index in [9.17, 15) is 9.59 Å². The predicted molar refractivity (Wildman–Crippen MR) is 136 cm³/mol. The predicted octanol–water partition coefficient (Wildman–Crippen LogP) is 5.23. The van der Waals surface area contributed by atoms with Gasteiger partial charge in [0.25, 0.3) is 5.91 Å². The van der Waals surface area contributed by atoms with Crippen LogP contribution in [0.1, 0.15) is 11.6 Å². The molecule has 5 aromatic rings. The molecule has 0 aliphatic carbocycles. The third-order valence-corrected chi connectivity index (χ3v) is 6.33. The number of anilines is 1. The quantitative estimate of drug-likeness (QED) is 0.372. The maximum Gasteiger partial charge on any atom is 0.265 e. The third-order valence-electron chi connectivity index (χ3n) is 6.33. The fraction of sp³-hybridized carbons (Fsp3) is 0.103. The van der Waals surface area contributed by atoms with Crippen molar-refractivity contribution in [2.24, 2.45) is 0 Å². The van der Waals surface area contributed by atoms with E-state index in [1.54, 1.807) is 29.2 Å². The van der Waals surface area contributed by atoms with Gasteiger partial charge in [0, 0.05) is 16.3 Å². The number of benzene rings is 4. The summed E-state index contributed by atoms with van der Waals surface area (Å²) in [5, 5.41) is 1.14. The van der Waals surface area contributed by atoms with E-state index in [1.165, 1.54) is 0 Å². The summed E-state index contributed by atoms with van der Waals surface area (Å²) in [6, 6.07) is 29.7. The summed E-state index contributed by atoms with van der Waals surface area (Å²) >= 11 is 0. The Morgan fingerprint density at radius 2 is 1.63 bits per heavy atom. The number of carbonyl (C=O) groups is 1. The SMILES string of the molecule is O=C(COc1ccc2[nH]c3ccccc3c(=O)c2c1)N1c2ccccc2OCC1c1ccccc1. The van der Waals surface area contributed by atoms with Gasteiger partial charge in [-0.2, -0.15) is 0 Å². The monoisotopic (exact) mass is 462 g/mol. The molecule has 0 bridgehead atoms. The lowest BCUT2D eigenvalue weighted by Gasteiger charge is -2.37. The van der Waals surface area contributed by atoms with Crippen LogP contribution in [0.15, 0.2) is 102 Å². The number of H-pyrrole nitrogens is 1. The lowest BCUT2D eigenvalue weighted by atomic mass is 10.0. The first-order chi connectivity index (χ1) is 17.2. The fourth-order valence-electron chi connectivity index (χ4n) is 4.62. The fourth-order valence-corrected chi connectivity index (χ4v) is 4.62. The molecule has 0 saturated carbocycles. The van der Waals surface area contributed by atoms with Crippen LogP contribution in [0.3, 0.4) is 0 Å². The van der Waals surface area contributed by atoms with Crippen molar-refractivity contribution < 1.29 is 14.3 Å². The Labute approximate surface area is 201 Å². The topological polar surface area (TPSA) is 71.6 Å². The summed E-state index contributed by atoms with van der Waals surface area (Å²) < 4.78 is 11.9. The highest BCUT2D eigenvalue weighted by Crippen LogP contribution is 2.39. The molecule has 0 saturated heterocycles. The van der Waals surface area contributed by atoms with Crippen LogP contribution in [0.4, 0.5) is 5.69 Å². The van der Waals surface area contributed by atoms with Crippen molar-refractivity contribution in [1.82, 2.24) is 4.98 Å². The lowest BCUT2D eigenvalue weighted by Crippen LogP contribution is -2.43. The van der Waals surface area contributed by atoms with Crippen molar-refractivity contribution in [3.05, 3.63) is 113 Å². The summed E-state index contributed by atoms with van der Waals surface area (Å²) in [5.74, 6) is 0.934. The number of pyridine rings is 1. The van der Waals surface area contributed by atoms with E-state index in [-0.39, 0.29) is 24.0 Å². The molecule has 1 aliphatic rings. The molecular weight excluding hydrogens is 440 g/mol. The number of hydrogen-bond acceptors (Lipinski definition) is 4. The first kappa shape index (κ1) is 21.0. The van der Waals surface area contributed by atoms with Gasteiger partial charge >= 0.3 is 0 Å². The van der Waals surface area contributed by atoms with E-state index in [0.29, 0.717) is 34.6 Å². The largest absolute Gasteiger partial charge is 0.489 e. The Hall–Kier alpha value is -4.58. The Bertz CT molecular complexity index is 1610. The standard InChI is InChI=1S/C29H22N2O4/c32-28(31-25-12-6-7-13-27(25)35-17-26(31)19-8-2-1-3-9-19)18-34-20-14-15-24-22(16-20)29(33)21-10-4-5-11-23(21)30-24/h1-16,26H,17-18H2,(H,30,33). The maximum absolute atomic E-state index is 13.5. The number of amides is 1. The van der Waals surface area contributed by atoms with Crippen molar-refractivity contribution in [3.63, 3.8) is 0 Å². The Morgan fingerprint density at radius 3 is 2.51 bits per heavy atom. The zero-order chi connectivity index (χ0) is 23.8. The molecule has 0 spiro atoms. The highest BCUT2D eigenvalue weighted by Gasteiger charge is 2.33. The van der Waals surface area contributed by atoms with Crippen LogP contribution in [0, 0.1) is 0 Å². The van der Waals surface area contributed by atoms with Crippen molar-refractivity contribution in [2.75, 3.05) is 18.1 Å². The minimum atomic E-state index is -0.270. The summed E-state index contributed by atoms with van der Waals surface area (Å²) in [5.41, 5.74) is 3.13. The van der Waals surface area contributed by atoms with Gasteiger partial charge in [0.2, 0.25) is 0 Å². The van der Waals surface area contributed by atoms with Gasteiger partial charge in [-0.15, -0.1) is 0 Å². The molecule has 6 rings (SSSR count). The molecule has 2 heterocycles. The second-order valence-electron chi connectivity index (χ2n) is 8.46. The van der Waals surface area contributed by atoms with Crippen LogP contribution in [0.25, 0.3) is 21.8 Å². The molecule has 1 N–H and O–H groups in total. The van der Waals surface area contributed by atoms with Crippen molar-refractivity contribution in [3.8, 4) is 11.5 Å². The van der Waals surface area contributed by atoms with Crippen LogP contribution < -0.4 is 19.8 Å². The van der Waals surface area contributed by atoms with Gasteiger partial charge in [-0.05, 0) is 48.0 Å². The van der Waals surface area contributed by atoms with Gasteiger partial charge < -0.3 is 14.5 Å². The average molecular weight is 463 g/mol. The van der Waals surface area contributed by atoms with Crippen LogP contribution in [-0.2, 0) is 4.79 Å². The number of hydrogen-bond donors (Lipinski definition) is 1. The second kappa shape index (κ2) is 8.65. The van der Waals surface area contributed by atoms with Gasteiger partial charge in [0.15, 0.2) is 12.0 Å². The molecular formula is C29H22N2O4. The number of ether oxygens (including phenoxy) is 2. The molecule has 0 fully saturated rings. The Morgan fingerprint density at radius 1 is 0.886 bits per heavy atom. The lowest BCUT2D eigenvalue weighted by molar-refractivity contribution is -0.121. The minimum Gasteiger partial charge on any atom is -0.489 e. The number of fused-ring (bicyclic) bond motifs is 3. The summed E-state index contributed by atoms with van der Waals surface area (Å²) in [6.45, 7) is 0.180. The first-order valence-corrected chi connectivity index (χ1v) is 11.5. The van der Waals surface area contributed by atoms with Gasteiger partial charge in [0.05, 0.1) is 17.2 Å². The van der Waals surface area contributed by atoms with Crippen LogP contribution in [0.5, 0.6) is 11.5 Å². The van der Waals surface area contributed by atoms with E-state index in [1.807, 2.05) is 72.8 Å². The van der Waals surface area contributed by atoms with Crippen molar-refractivity contribution >= 4 is 33.4 Å². The third kappa shape index (κ3) is 3.79. The molecule has 1 aromatic heterocycles. The molecule has 1 atom stereocenters. The molecule has 172 valence electrons. The number of rotatable bonds is 4. The van der Waals surface area contributed by atoms with E-state index < -0.39 is 0 Å². The van der Waals surface area contributed by atoms with Gasteiger partial charge in [-0.1, -0.05) is 54.6 Å². The molecule has 35 heavy (non-hydrogen) atoms. The smallest absolute Gasteiger partial charge is 0.265 e. The summed E-state index contributed by atoms with van der Waals surface area (Å²) in [4.78, 5) is 31.5. The Balaban J connectivity index is 1.30. The number of aromatic amines is 1. The maximum atomic E-state index is 13.5. The highest BCUT2D eigenvalue weighted by atomic mass is 16.5. The molecule has 4 aromatic carbocycles. The summed E-state index contributed by atoms with van der Waals surface area (Å²) in [7, 11) is 0. The van der Waals surface area contributed by atoms with E-state index in [0.717, 1.165) is 16.6 Å². The van der Waals surface area contributed by atoms with Crippen molar-refractivity contribution in [1.29, 1.82) is 0 Å².